The third-order valence-electron chi connectivity index (χ3n) is 5.93. The molecule has 2 N–H and O–H groups in total. The number of Topliss-reactive ketones (excluding diaryl/α,β-unsaturated/α-hetero) is 1. The minimum Gasteiger partial charge on any atom is -0.393 e. The van der Waals surface area contributed by atoms with Crippen LogP contribution in [0.25, 0.3) is 10.9 Å². The number of nitrogens with zero attached hydrogens (tertiary/aromatic N) is 3. The highest BCUT2D eigenvalue weighted by Gasteiger charge is 2.31. The van der Waals surface area contributed by atoms with Crippen molar-refractivity contribution in [3.63, 3.8) is 0 Å². The second-order valence-electron chi connectivity index (χ2n) is 10.1. The maximum Gasteiger partial charge on any atom is 0.273 e. The Bertz CT molecular complexity index is 1200. The molecular weight excluding hydrogens is 452 g/mol. The number of aliphatic hydroxyl groups excluding tert-OH is 1. The van der Waals surface area contributed by atoms with Gasteiger partial charge in [-0.1, -0.05) is 71.4 Å². The van der Waals surface area contributed by atoms with E-state index in [1.54, 1.807) is 16.8 Å². The van der Waals surface area contributed by atoms with E-state index in [1.807, 2.05) is 64.1 Å². The lowest BCUT2D eigenvalue weighted by Gasteiger charge is -2.29. The number of ketones is 1. The molecule has 2 aromatic carbocycles. The first kappa shape index (κ1) is 28.7. The second-order valence-corrected chi connectivity index (χ2v) is 10.1. The quantitative estimate of drug-likeness (QED) is 0.448. The SMILES string of the molecule is CC(=O)C(NC(=O)c1nn(Cc2ccc(C#N)cc2)c2ccccc12)C(C)(C)C.CCCC(O)CC. The van der Waals surface area contributed by atoms with E-state index in [9.17, 15) is 9.59 Å². The van der Waals surface area contributed by atoms with Crippen LogP contribution in [0.5, 0.6) is 0 Å². The van der Waals surface area contributed by atoms with Crippen LogP contribution in [0, 0.1) is 16.7 Å². The number of carbonyl (C=O) groups excluding carboxylic acids is 2. The summed E-state index contributed by atoms with van der Waals surface area (Å²) in [6, 6.07) is 16.3. The average molecular weight is 491 g/mol. The van der Waals surface area contributed by atoms with Gasteiger partial charge in [0.05, 0.1) is 35.8 Å². The summed E-state index contributed by atoms with van der Waals surface area (Å²) in [6.45, 7) is 11.8. The number of aromatic nitrogens is 2. The molecule has 1 aromatic heterocycles. The van der Waals surface area contributed by atoms with Crippen molar-refractivity contribution in [2.24, 2.45) is 5.41 Å². The third kappa shape index (κ3) is 7.76. The van der Waals surface area contributed by atoms with E-state index in [2.05, 4.69) is 23.4 Å². The fraction of sp³-hybridized carbons (Fsp3) is 0.448. The van der Waals surface area contributed by atoms with Gasteiger partial charge in [-0.3, -0.25) is 14.3 Å². The van der Waals surface area contributed by atoms with E-state index in [-0.39, 0.29) is 17.8 Å². The van der Waals surface area contributed by atoms with Crippen LogP contribution in [0.15, 0.2) is 48.5 Å². The van der Waals surface area contributed by atoms with E-state index in [4.69, 9.17) is 10.4 Å². The number of nitrogens with one attached hydrogen (secondary N) is 1. The van der Waals surface area contributed by atoms with Crippen LogP contribution in [0.1, 0.15) is 82.4 Å². The Morgan fingerprint density at radius 3 is 2.25 bits per heavy atom. The topological polar surface area (TPSA) is 108 Å². The lowest BCUT2D eigenvalue weighted by Crippen LogP contribution is -2.48. The molecule has 0 aliphatic heterocycles. The first-order chi connectivity index (χ1) is 17.0. The number of amides is 1. The molecule has 192 valence electrons. The van der Waals surface area contributed by atoms with Crippen molar-refractivity contribution in [3.05, 3.63) is 65.4 Å². The molecule has 1 heterocycles. The van der Waals surface area contributed by atoms with E-state index < -0.39 is 11.5 Å². The highest BCUT2D eigenvalue weighted by atomic mass is 16.3. The molecule has 0 aliphatic carbocycles. The lowest BCUT2D eigenvalue weighted by molar-refractivity contribution is -0.121. The van der Waals surface area contributed by atoms with E-state index >= 15 is 0 Å². The van der Waals surface area contributed by atoms with Gasteiger partial charge >= 0.3 is 0 Å². The van der Waals surface area contributed by atoms with Crippen molar-refractivity contribution in [2.45, 2.75) is 79.5 Å². The highest BCUT2D eigenvalue weighted by molar-refractivity contribution is 6.06. The molecule has 3 aromatic rings. The van der Waals surface area contributed by atoms with Crippen molar-refractivity contribution in [3.8, 4) is 6.07 Å². The van der Waals surface area contributed by atoms with E-state index in [1.165, 1.54) is 6.92 Å². The van der Waals surface area contributed by atoms with Crippen LogP contribution in [0.4, 0.5) is 0 Å². The number of aliphatic hydroxyl groups is 1. The number of para-hydroxylation sites is 1. The Kier molecular flexibility index (Phi) is 10.4. The monoisotopic (exact) mass is 490 g/mol. The summed E-state index contributed by atoms with van der Waals surface area (Å²) in [5.41, 5.74) is 2.29. The van der Waals surface area contributed by atoms with Gasteiger partial charge in [0.1, 0.15) is 0 Å². The minimum absolute atomic E-state index is 0.0509. The molecule has 0 spiro atoms. The molecule has 7 nitrogen and oxygen atoms in total. The summed E-state index contributed by atoms with van der Waals surface area (Å²) in [5, 5.41) is 26.0. The van der Waals surface area contributed by atoms with Crippen molar-refractivity contribution < 1.29 is 14.7 Å². The van der Waals surface area contributed by atoms with Gasteiger partial charge in [-0.05, 0) is 48.9 Å². The molecule has 2 atom stereocenters. The molecule has 2 unspecified atom stereocenters. The summed E-state index contributed by atoms with van der Waals surface area (Å²) in [4.78, 5) is 25.1. The molecule has 0 radical (unpaired) electrons. The Morgan fingerprint density at radius 2 is 1.75 bits per heavy atom. The Balaban J connectivity index is 0.000000572. The van der Waals surface area contributed by atoms with Crippen LogP contribution < -0.4 is 5.32 Å². The zero-order valence-electron chi connectivity index (χ0n) is 22.2. The van der Waals surface area contributed by atoms with E-state index in [0.717, 1.165) is 35.7 Å². The summed E-state index contributed by atoms with van der Waals surface area (Å²) < 4.78 is 1.77. The molecular formula is C29H38N4O3. The molecule has 36 heavy (non-hydrogen) atoms. The Hall–Kier alpha value is -3.50. The first-order valence-corrected chi connectivity index (χ1v) is 12.5. The van der Waals surface area contributed by atoms with Crippen LogP contribution in [-0.2, 0) is 11.3 Å². The predicted molar refractivity (Wildman–Crippen MR) is 143 cm³/mol. The smallest absolute Gasteiger partial charge is 0.273 e. The molecule has 0 bridgehead atoms. The largest absolute Gasteiger partial charge is 0.393 e. The molecule has 7 heteroatoms. The molecule has 0 saturated heterocycles. The number of benzene rings is 2. The predicted octanol–water partition coefficient (Wildman–Crippen LogP) is 5.25. The van der Waals surface area contributed by atoms with Gasteiger partial charge in [-0.2, -0.15) is 10.4 Å². The maximum absolute atomic E-state index is 13.0. The zero-order valence-corrected chi connectivity index (χ0v) is 22.2. The molecule has 0 saturated carbocycles. The number of hydrogen-bond acceptors (Lipinski definition) is 5. The van der Waals surface area contributed by atoms with Crippen molar-refractivity contribution >= 4 is 22.6 Å². The summed E-state index contributed by atoms with van der Waals surface area (Å²) in [5.74, 6) is -0.456. The molecule has 3 rings (SSSR count). The number of carbonyl (C=O) groups is 2. The highest BCUT2D eigenvalue weighted by Crippen LogP contribution is 2.23. The summed E-state index contributed by atoms with van der Waals surface area (Å²) >= 11 is 0. The summed E-state index contributed by atoms with van der Waals surface area (Å²) in [7, 11) is 0. The first-order valence-electron chi connectivity index (χ1n) is 12.5. The van der Waals surface area contributed by atoms with Gasteiger partial charge in [-0.25, -0.2) is 0 Å². The van der Waals surface area contributed by atoms with Crippen LogP contribution in [0.2, 0.25) is 0 Å². The zero-order chi connectivity index (χ0) is 26.9. The number of hydrogen-bond donors (Lipinski definition) is 2. The molecule has 0 fully saturated rings. The van der Waals surface area contributed by atoms with E-state index in [0.29, 0.717) is 17.8 Å². The van der Waals surface area contributed by atoms with Crippen LogP contribution >= 0.6 is 0 Å². The minimum atomic E-state index is -0.600. The van der Waals surface area contributed by atoms with Crippen molar-refractivity contribution in [2.75, 3.05) is 0 Å². The van der Waals surface area contributed by atoms with Gasteiger partial charge in [-0.15, -0.1) is 0 Å². The van der Waals surface area contributed by atoms with Gasteiger partial charge < -0.3 is 10.4 Å². The third-order valence-corrected chi connectivity index (χ3v) is 5.93. The number of fused-ring (bicyclic) bond motifs is 1. The normalized spacial score (nSPS) is 12.7. The maximum atomic E-state index is 13.0. The lowest BCUT2D eigenvalue weighted by atomic mass is 9.84. The van der Waals surface area contributed by atoms with Crippen LogP contribution in [-0.4, -0.2) is 38.7 Å². The Morgan fingerprint density at radius 1 is 1.11 bits per heavy atom. The standard InChI is InChI=1S/C23H24N4O2.C6H14O/c1-15(28)21(23(2,3)4)25-22(29)20-18-7-5-6-8-19(18)27(26-20)14-17-11-9-16(13-24)10-12-17;1-3-5-6(7)4-2/h5-12,21H,14H2,1-4H3,(H,25,29);6-7H,3-5H2,1-2H3. The average Bonchev–Trinajstić information content (AvgIpc) is 3.21. The number of nitriles is 1. The van der Waals surface area contributed by atoms with Crippen molar-refractivity contribution in [1.29, 1.82) is 5.26 Å². The van der Waals surface area contributed by atoms with Gasteiger partial charge in [0.2, 0.25) is 0 Å². The fourth-order valence-corrected chi connectivity index (χ4v) is 3.94. The van der Waals surface area contributed by atoms with Crippen molar-refractivity contribution in [1.82, 2.24) is 15.1 Å². The van der Waals surface area contributed by atoms with Gasteiger partial charge in [0, 0.05) is 5.39 Å². The molecule has 1 amide bonds. The Labute approximate surface area is 214 Å². The van der Waals surface area contributed by atoms with Gasteiger partial charge in [0.15, 0.2) is 11.5 Å². The number of rotatable bonds is 8. The fourth-order valence-electron chi connectivity index (χ4n) is 3.94. The summed E-state index contributed by atoms with van der Waals surface area (Å²) in [6.07, 6.45) is 2.89. The second kappa shape index (κ2) is 13.0. The van der Waals surface area contributed by atoms with Crippen LogP contribution in [0.3, 0.4) is 0 Å². The van der Waals surface area contributed by atoms with Gasteiger partial charge in [0.25, 0.3) is 5.91 Å². The molecule has 0 aliphatic rings.